The minimum absolute atomic E-state index is 0.168. The Kier molecular flexibility index (Phi) is 5.60. The van der Waals surface area contributed by atoms with Crippen molar-refractivity contribution in [2.45, 2.75) is 39.3 Å². The molecule has 4 nitrogen and oxygen atoms in total. The maximum absolute atomic E-state index is 11.6. The number of terminal acetylenes is 1. The van der Waals surface area contributed by atoms with E-state index in [1.165, 1.54) is 0 Å². The number of ether oxygens (including phenoxy) is 1. The molecule has 108 valence electrons. The summed E-state index contributed by atoms with van der Waals surface area (Å²) in [4.78, 5) is 11.6. The molecule has 1 amide bonds. The van der Waals surface area contributed by atoms with Gasteiger partial charge in [0.1, 0.15) is 5.60 Å². The van der Waals surface area contributed by atoms with Gasteiger partial charge in [-0.2, -0.15) is 0 Å². The lowest BCUT2D eigenvalue weighted by Crippen LogP contribution is -2.27. The molecule has 1 rings (SSSR count). The van der Waals surface area contributed by atoms with E-state index in [-0.39, 0.29) is 6.04 Å². The van der Waals surface area contributed by atoms with Gasteiger partial charge in [-0.15, -0.1) is 6.42 Å². The fourth-order valence-electron chi connectivity index (χ4n) is 1.61. The molecular formula is C16H22N2O2. The number of carbonyl (C=O) groups excluding carboxylic acids is 1. The zero-order valence-corrected chi connectivity index (χ0v) is 12.5. The van der Waals surface area contributed by atoms with E-state index in [9.17, 15) is 4.79 Å². The summed E-state index contributed by atoms with van der Waals surface area (Å²) in [5, 5.41) is 5.89. The Labute approximate surface area is 120 Å². The van der Waals surface area contributed by atoms with Gasteiger partial charge in [0.2, 0.25) is 0 Å². The molecule has 1 unspecified atom stereocenters. The van der Waals surface area contributed by atoms with E-state index in [4.69, 9.17) is 11.2 Å². The fourth-order valence-corrected chi connectivity index (χ4v) is 1.61. The lowest BCUT2D eigenvalue weighted by atomic mass is 10.1. The van der Waals surface area contributed by atoms with Crippen LogP contribution in [0.2, 0.25) is 0 Å². The van der Waals surface area contributed by atoms with E-state index in [0.29, 0.717) is 12.2 Å². The summed E-state index contributed by atoms with van der Waals surface area (Å²) in [5.74, 6) is 2.54. The Balaban J connectivity index is 2.59. The molecule has 0 radical (unpaired) electrons. The highest BCUT2D eigenvalue weighted by Gasteiger charge is 2.16. The molecule has 1 aromatic carbocycles. The minimum Gasteiger partial charge on any atom is -0.444 e. The standard InChI is InChI=1S/C16H22N2O2/c1-6-11-17-12(2)13-7-9-14(10-8-13)18-15(19)20-16(3,4)5/h1,7-10,12,17H,11H2,2-5H3,(H,18,19). The first-order valence-corrected chi connectivity index (χ1v) is 6.58. The first-order chi connectivity index (χ1) is 9.31. The molecule has 0 fully saturated rings. The van der Waals surface area contributed by atoms with E-state index in [2.05, 4.69) is 16.6 Å². The monoisotopic (exact) mass is 274 g/mol. The average Bonchev–Trinajstić information content (AvgIpc) is 2.34. The van der Waals surface area contributed by atoms with Crippen LogP contribution in [0.3, 0.4) is 0 Å². The van der Waals surface area contributed by atoms with Gasteiger partial charge < -0.3 is 4.74 Å². The number of nitrogens with one attached hydrogen (secondary N) is 2. The van der Waals surface area contributed by atoms with Gasteiger partial charge in [-0.3, -0.25) is 10.6 Å². The van der Waals surface area contributed by atoms with Crippen molar-refractivity contribution in [1.29, 1.82) is 0 Å². The van der Waals surface area contributed by atoms with Crippen LogP contribution < -0.4 is 10.6 Å². The van der Waals surface area contributed by atoms with Gasteiger partial charge in [0, 0.05) is 11.7 Å². The second kappa shape index (κ2) is 6.97. The third kappa shape index (κ3) is 5.77. The van der Waals surface area contributed by atoms with E-state index in [1.807, 2.05) is 52.0 Å². The predicted octanol–water partition coefficient (Wildman–Crippen LogP) is 3.32. The smallest absolute Gasteiger partial charge is 0.412 e. The molecular weight excluding hydrogens is 252 g/mol. The summed E-state index contributed by atoms with van der Waals surface area (Å²) in [7, 11) is 0. The fraction of sp³-hybridized carbons (Fsp3) is 0.438. The summed E-state index contributed by atoms with van der Waals surface area (Å²) in [5.41, 5.74) is 1.31. The van der Waals surface area contributed by atoms with Crippen LogP contribution in [-0.4, -0.2) is 18.2 Å². The maximum Gasteiger partial charge on any atom is 0.412 e. The minimum atomic E-state index is -0.502. The topological polar surface area (TPSA) is 50.4 Å². The van der Waals surface area contributed by atoms with Crippen molar-refractivity contribution in [3.05, 3.63) is 29.8 Å². The Morgan fingerprint density at radius 1 is 1.35 bits per heavy atom. The molecule has 1 atom stereocenters. The molecule has 0 heterocycles. The summed E-state index contributed by atoms with van der Waals surface area (Å²) in [6.07, 6.45) is 4.76. The summed E-state index contributed by atoms with van der Waals surface area (Å²) in [6.45, 7) is 8.05. The maximum atomic E-state index is 11.6. The average molecular weight is 274 g/mol. The first-order valence-electron chi connectivity index (χ1n) is 6.58. The largest absolute Gasteiger partial charge is 0.444 e. The summed E-state index contributed by atoms with van der Waals surface area (Å²) >= 11 is 0. The van der Waals surface area contributed by atoms with Crippen LogP contribution in [0, 0.1) is 12.3 Å². The van der Waals surface area contributed by atoms with E-state index >= 15 is 0 Å². The highest BCUT2D eigenvalue weighted by molar-refractivity contribution is 5.84. The normalized spacial score (nSPS) is 12.3. The van der Waals surface area contributed by atoms with Gasteiger partial charge in [0.05, 0.1) is 6.54 Å². The Bertz CT molecular complexity index is 481. The molecule has 0 aliphatic rings. The zero-order chi connectivity index (χ0) is 15.2. The second-order valence-corrected chi connectivity index (χ2v) is 5.56. The summed E-state index contributed by atoms with van der Waals surface area (Å²) in [6, 6.07) is 7.74. The molecule has 0 bridgehead atoms. The molecule has 0 aliphatic carbocycles. The molecule has 0 saturated heterocycles. The molecule has 2 N–H and O–H groups in total. The number of anilines is 1. The first kappa shape index (κ1) is 16.1. The van der Waals surface area contributed by atoms with Crippen LogP contribution in [0.15, 0.2) is 24.3 Å². The van der Waals surface area contributed by atoms with Crippen molar-refractivity contribution in [2.75, 3.05) is 11.9 Å². The van der Waals surface area contributed by atoms with Crippen LogP contribution in [0.25, 0.3) is 0 Å². The number of carbonyl (C=O) groups is 1. The zero-order valence-electron chi connectivity index (χ0n) is 12.5. The highest BCUT2D eigenvalue weighted by Crippen LogP contribution is 2.17. The number of rotatable bonds is 4. The van der Waals surface area contributed by atoms with Crippen LogP contribution in [0.5, 0.6) is 0 Å². The Morgan fingerprint density at radius 3 is 2.45 bits per heavy atom. The molecule has 0 spiro atoms. The van der Waals surface area contributed by atoms with Gasteiger partial charge in [-0.05, 0) is 45.4 Å². The van der Waals surface area contributed by atoms with Crippen molar-refractivity contribution < 1.29 is 9.53 Å². The Hall–Kier alpha value is -1.99. The second-order valence-electron chi connectivity index (χ2n) is 5.56. The number of hydrogen-bond acceptors (Lipinski definition) is 3. The van der Waals surface area contributed by atoms with Crippen molar-refractivity contribution in [2.24, 2.45) is 0 Å². The molecule has 1 aromatic rings. The van der Waals surface area contributed by atoms with Crippen LogP contribution >= 0.6 is 0 Å². The van der Waals surface area contributed by atoms with Crippen LogP contribution in [0.1, 0.15) is 39.3 Å². The molecule has 0 aromatic heterocycles. The van der Waals surface area contributed by atoms with Crippen molar-refractivity contribution >= 4 is 11.8 Å². The molecule has 20 heavy (non-hydrogen) atoms. The summed E-state index contributed by atoms with van der Waals surface area (Å²) < 4.78 is 5.19. The van der Waals surface area contributed by atoms with Crippen LogP contribution in [0.4, 0.5) is 10.5 Å². The van der Waals surface area contributed by atoms with Crippen LogP contribution in [-0.2, 0) is 4.74 Å². The Morgan fingerprint density at radius 2 is 1.95 bits per heavy atom. The number of amides is 1. The van der Waals surface area contributed by atoms with E-state index in [1.54, 1.807) is 0 Å². The third-order valence-electron chi connectivity index (χ3n) is 2.57. The van der Waals surface area contributed by atoms with Crippen molar-refractivity contribution in [1.82, 2.24) is 5.32 Å². The lowest BCUT2D eigenvalue weighted by molar-refractivity contribution is 0.0636. The molecule has 0 aliphatic heterocycles. The van der Waals surface area contributed by atoms with E-state index < -0.39 is 11.7 Å². The van der Waals surface area contributed by atoms with Gasteiger partial charge >= 0.3 is 6.09 Å². The van der Waals surface area contributed by atoms with Crippen molar-refractivity contribution in [3.63, 3.8) is 0 Å². The highest BCUT2D eigenvalue weighted by atomic mass is 16.6. The van der Waals surface area contributed by atoms with E-state index in [0.717, 1.165) is 5.56 Å². The quantitative estimate of drug-likeness (QED) is 0.828. The number of hydrogen-bond donors (Lipinski definition) is 2. The van der Waals surface area contributed by atoms with Gasteiger partial charge in [-0.25, -0.2) is 4.79 Å². The number of benzene rings is 1. The van der Waals surface area contributed by atoms with Gasteiger partial charge in [-0.1, -0.05) is 18.1 Å². The van der Waals surface area contributed by atoms with Crippen molar-refractivity contribution in [3.8, 4) is 12.3 Å². The van der Waals surface area contributed by atoms with Gasteiger partial charge in [0.25, 0.3) is 0 Å². The van der Waals surface area contributed by atoms with Gasteiger partial charge in [0.15, 0.2) is 0 Å². The predicted molar refractivity (Wildman–Crippen MR) is 81.5 cm³/mol. The lowest BCUT2D eigenvalue weighted by Gasteiger charge is -2.20. The SMILES string of the molecule is C#CCNC(C)c1ccc(NC(=O)OC(C)(C)C)cc1. The molecule has 0 saturated carbocycles. The third-order valence-corrected chi connectivity index (χ3v) is 2.57. The molecule has 4 heteroatoms.